The van der Waals surface area contributed by atoms with Gasteiger partial charge in [0.15, 0.2) is 0 Å². The van der Waals surface area contributed by atoms with Crippen LogP contribution in [0.1, 0.15) is 51.9 Å². The first-order valence-electron chi connectivity index (χ1n) is 10.5. The summed E-state index contributed by atoms with van der Waals surface area (Å²) in [5.74, 6) is -0.154. The first kappa shape index (κ1) is 22.0. The molecule has 0 saturated heterocycles. The number of hydrogen-bond acceptors (Lipinski definition) is 4. The summed E-state index contributed by atoms with van der Waals surface area (Å²) in [5, 5.41) is 12.2. The van der Waals surface area contributed by atoms with E-state index in [-0.39, 0.29) is 24.7 Å². The number of nitrogens with one attached hydrogen (secondary N) is 1. The molecule has 0 bridgehead atoms. The number of carbonyl (C=O) groups is 2. The van der Waals surface area contributed by atoms with E-state index in [0.717, 1.165) is 39.0 Å². The van der Waals surface area contributed by atoms with Gasteiger partial charge in [-0.2, -0.15) is 0 Å². The van der Waals surface area contributed by atoms with Crippen LogP contribution in [0.15, 0.2) is 0 Å². The fourth-order valence-electron chi connectivity index (χ4n) is 4.22. The number of urea groups is 1. The van der Waals surface area contributed by atoms with E-state index in [1.807, 2.05) is 30.8 Å². The molecule has 0 aliphatic heterocycles. The number of rotatable bonds is 10. The van der Waals surface area contributed by atoms with Crippen molar-refractivity contribution in [1.82, 2.24) is 20.0 Å². The minimum absolute atomic E-state index is 0.0483. The van der Waals surface area contributed by atoms with Gasteiger partial charge < -0.3 is 20.2 Å². The summed E-state index contributed by atoms with van der Waals surface area (Å²) >= 11 is 0. The van der Waals surface area contributed by atoms with E-state index in [0.29, 0.717) is 5.92 Å². The molecular weight excluding hydrogens is 344 g/mol. The van der Waals surface area contributed by atoms with Gasteiger partial charge in [0.05, 0.1) is 6.54 Å². The van der Waals surface area contributed by atoms with Crippen LogP contribution in [-0.2, 0) is 4.79 Å². The Bertz CT molecular complexity index is 474. The molecule has 27 heavy (non-hydrogen) atoms. The summed E-state index contributed by atoms with van der Waals surface area (Å²) in [6.45, 7) is 5.28. The average molecular weight is 383 g/mol. The van der Waals surface area contributed by atoms with E-state index in [1.54, 1.807) is 0 Å². The standard InChI is InChI=1S/C20H38N4O3/c1-4-23(15-19(25)26)18-12-17(13-18)21-20(27)24(11-10-22(2)3)14-16-8-6-5-7-9-16/h16-18H,4-15H2,1-3H3,(H,21,27)(H,25,26). The van der Waals surface area contributed by atoms with Crippen molar-refractivity contribution in [3.05, 3.63) is 0 Å². The van der Waals surface area contributed by atoms with Crippen molar-refractivity contribution in [3.8, 4) is 0 Å². The molecule has 7 heteroatoms. The third kappa shape index (κ3) is 7.30. The molecule has 2 N–H and O–H groups in total. The van der Waals surface area contributed by atoms with Crippen LogP contribution in [0.4, 0.5) is 4.79 Å². The number of aliphatic carboxylic acids is 1. The maximum Gasteiger partial charge on any atom is 0.317 e. The third-order valence-electron chi connectivity index (χ3n) is 6.01. The number of carboxylic acid groups (broad SMARTS) is 1. The highest BCUT2D eigenvalue weighted by Gasteiger charge is 2.35. The van der Waals surface area contributed by atoms with Gasteiger partial charge in [-0.15, -0.1) is 0 Å². The largest absolute Gasteiger partial charge is 0.480 e. The molecule has 2 amide bonds. The molecule has 0 radical (unpaired) electrons. The Hall–Kier alpha value is -1.34. The van der Waals surface area contributed by atoms with Gasteiger partial charge in [-0.3, -0.25) is 9.69 Å². The van der Waals surface area contributed by atoms with E-state index in [1.165, 1.54) is 32.1 Å². The fourth-order valence-corrected chi connectivity index (χ4v) is 4.22. The molecule has 2 aliphatic rings. The minimum Gasteiger partial charge on any atom is -0.480 e. The molecule has 0 aromatic rings. The lowest BCUT2D eigenvalue weighted by atomic mass is 9.85. The summed E-state index contributed by atoms with van der Waals surface area (Å²) in [6, 6.07) is 0.482. The van der Waals surface area contributed by atoms with Crippen molar-refractivity contribution in [1.29, 1.82) is 0 Å². The van der Waals surface area contributed by atoms with E-state index >= 15 is 0 Å². The second-order valence-corrected chi connectivity index (χ2v) is 8.48. The second kappa shape index (κ2) is 10.9. The Balaban J connectivity index is 1.81. The van der Waals surface area contributed by atoms with E-state index in [4.69, 9.17) is 5.11 Å². The molecule has 2 aliphatic carbocycles. The van der Waals surface area contributed by atoms with Crippen LogP contribution in [0.3, 0.4) is 0 Å². The lowest BCUT2D eigenvalue weighted by Gasteiger charge is -2.43. The predicted octanol–water partition coefficient (Wildman–Crippen LogP) is 2.08. The summed E-state index contributed by atoms with van der Waals surface area (Å²) in [7, 11) is 4.07. The fraction of sp³-hybridized carbons (Fsp3) is 0.900. The van der Waals surface area contributed by atoms with Crippen molar-refractivity contribution >= 4 is 12.0 Å². The molecule has 2 fully saturated rings. The topological polar surface area (TPSA) is 76.1 Å². The summed E-state index contributed by atoms with van der Waals surface area (Å²) in [6.07, 6.45) is 8.06. The van der Waals surface area contributed by atoms with Crippen LogP contribution in [0.2, 0.25) is 0 Å². The zero-order chi connectivity index (χ0) is 19.8. The Kier molecular flexibility index (Phi) is 8.83. The summed E-state index contributed by atoms with van der Waals surface area (Å²) in [4.78, 5) is 29.9. The molecule has 0 atom stereocenters. The number of carbonyl (C=O) groups excluding carboxylic acids is 1. The SMILES string of the molecule is CCN(CC(=O)O)C1CC(NC(=O)N(CCN(C)C)CC2CCCCC2)C1. The maximum atomic E-state index is 12.8. The van der Waals surface area contributed by atoms with Crippen molar-refractivity contribution in [2.24, 2.45) is 5.92 Å². The molecule has 2 rings (SSSR count). The third-order valence-corrected chi connectivity index (χ3v) is 6.01. The van der Waals surface area contributed by atoms with Gasteiger partial charge in [0.1, 0.15) is 0 Å². The first-order chi connectivity index (χ1) is 12.9. The maximum absolute atomic E-state index is 12.8. The Morgan fingerprint density at radius 2 is 1.74 bits per heavy atom. The molecule has 0 unspecified atom stereocenters. The highest BCUT2D eigenvalue weighted by Crippen LogP contribution is 2.27. The van der Waals surface area contributed by atoms with Crippen molar-refractivity contribution in [3.63, 3.8) is 0 Å². The van der Waals surface area contributed by atoms with Crippen molar-refractivity contribution < 1.29 is 14.7 Å². The van der Waals surface area contributed by atoms with Gasteiger partial charge in [0, 0.05) is 31.7 Å². The first-order valence-corrected chi connectivity index (χ1v) is 10.5. The molecule has 0 aromatic heterocycles. The van der Waals surface area contributed by atoms with Crippen LogP contribution in [-0.4, -0.2) is 90.7 Å². The number of nitrogens with zero attached hydrogens (tertiary/aromatic N) is 3. The van der Waals surface area contributed by atoms with Crippen LogP contribution >= 0.6 is 0 Å². The van der Waals surface area contributed by atoms with Gasteiger partial charge in [0.25, 0.3) is 0 Å². The molecule has 0 heterocycles. The normalized spacial score (nSPS) is 23.3. The summed E-state index contributed by atoms with van der Waals surface area (Å²) in [5.41, 5.74) is 0. The molecule has 156 valence electrons. The second-order valence-electron chi connectivity index (χ2n) is 8.48. The van der Waals surface area contributed by atoms with E-state index in [2.05, 4.69) is 10.2 Å². The highest BCUT2D eigenvalue weighted by atomic mass is 16.4. The molecule has 0 aromatic carbocycles. The number of amides is 2. The highest BCUT2D eigenvalue weighted by molar-refractivity contribution is 5.74. The Morgan fingerprint density at radius 3 is 2.30 bits per heavy atom. The number of carboxylic acids is 1. The van der Waals surface area contributed by atoms with Crippen LogP contribution < -0.4 is 5.32 Å². The zero-order valence-electron chi connectivity index (χ0n) is 17.3. The van der Waals surface area contributed by atoms with Crippen molar-refractivity contribution in [2.75, 3.05) is 46.8 Å². The average Bonchev–Trinajstić information content (AvgIpc) is 2.60. The van der Waals surface area contributed by atoms with E-state index < -0.39 is 5.97 Å². The van der Waals surface area contributed by atoms with Gasteiger partial charge in [-0.25, -0.2) is 4.79 Å². The van der Waals surface area contributed by atoms with Gasteiger partial charge in [0.2, 0.25) is 0 Å². The monoisotopic (exact) mass is 382 g/mol. The van der Waals surface area contributed by atoms with Crippen LogP contribution in [0.5, 0.6) is 0 Å². The zero-order valence-corrected chi connectivity index (χ0v) is 17.3. The van der Waals surface area contributed by atoms with Crippen LogP contribution in [0, 0.1) is 5.92 Å². The predicted molar refractivity (Wildman–Crippen MR) is 107 cm³/mol. The van der Waals surface area contributed by atoms with Crippen molar-refractivity contribution in [2.45, 2.75) is 64.0 Å². The van der Waals surface area contributed by atoms with Gasteiger partial charge in [-0.1, -0.05) is 26.2 Å². The van der Waals surface area contributed by atoms with Gasteiger partial charge in [-0.05, 0) is 52.2 Å². The quantitative estimate of drug-likeness (QED) is 0.605. The Labute approximate surface area is 164 Å². The van der Waals surface area contributed by atoms with Crippen LogP contribution in [0.25, 0.3) is 0 Å². The lowest BCUT2D eigenvalue weighted by Crippen LogP contribution is -2.57. The van der Waals surface area contributed by atoms with E-state index in [9.17, 15) is 9.59 Å². The minimum atomic E-state index is -0.785. The Morgan fingerprint density at radius 1 is 1.07 bits per heavy atom. The summed E-state index contributed by atoms with van der Waals surface area (Å²) < 4.78 is 0. The number of hydrogen-bond donors (Lipinski definition) is 2. The van der Waals surface area contributed by atoms with Gasteiger partial charge >= 0.3 is 12.0 Å². The lowest BCUT2D eigenvalue weighted by molar-refractivity contribution is -0.139. The molecule has 0 spiro atoms. The number of likely N-dealkylation sites (N-methyl/N-ethyl adjacent to an activating group) is 2. The molecular formula is C20H38N4O3. The molecule has 2 saturated carbocycles. The smallest absolute Gasteiger partial charge is 0.317 e. The molecule has 7 nitrogen and oxygen atoms in total.